The van der Waals surface area contributed by atoms with E-state index >= 15 is 0 Å². The van der Waals surface area contributed by atoms with Gasteiger partial charge in [-0.2, -0.15) is 0 Å². The molecule has 2 aromatic rings. The van der Waals surface area contributed by atoms with Crippen LogP contribution in [0.15, 0.2) is 53.4 Å². The number of rotatable bonds is 6. The summed E-state index contributed by atoms with van der Waals surface area (Å²) in [6, 6.07) is 13.5. The molecule has 0 atom stereocenters. The molecule has 2 aromatic carbocycles. The first-order chi connectivity index (χ1) is 10.0. The number of hydrogen-bond donors (Lipinski definition) is 2. The Morgan fingerprint density at radius 2 is 1.86 bits per heavy atom. The lowest BCUT2D eigenvalue weighted by Gasteiger charge is -2.10. The lowest BCUT2D eigenvalue weighted by atomic mass is 10.2. The van der Waals surface area contributed by atoms with Crippen LogP contribution in [0.1, 0.15) is 5.56 Å². The maximum atomic E-state index is 12.3. The van der Waals surface area contributed by atoms with Gasteiger partial charge < -0.3 is 10.5 Å². The van der Waals surface area contributed by atoms with Gasteiger partial charge in [0.2, 0.25) is 0 Å². The molecule has 0 radical (unpaired) electrons. The van der Waals surface area contributed by atoms with E-state index < -0.39 is 10.0 Å². The van der Waals surface area contributed by atoms with Crippen molar-refractivity contribution in [1.82, 2.24) is 0 Å². The smallest absolute Gasteiger partial charge is 0.261 e. The maximum Gasteiger partial charge on any atom is 0.261 e. The van der Waals surface area contributed by atoms with Gasteiger partial charge in [-0.15, -0.1) is 0 Å². The molecule has 112 valence electrons. The van der Waals surface area contributed by atoms with E-state index in [1.807, 2.05) is 13.0 Å². The lowest BCUT2D eigenvalue weighted by molar-refractivity contribution is 0.328. The van der Waals surface area contributed by atoms with Crippen molar-refractivity contribution in [2.75, 3.05) is 17.9 Å². The van der Waals surface area contributed by atoms with Gasteiger partial charge in [0, 0.05) is 12.2 Å². The summed E-state index contributed by atoms with van der Waals surface area (Å²) >= 11 is 0. The van der Waals surface area contributed by atoms with Gasteiger partial charge in [-0.25, -0.2) is 8.42 Å². The highest BCUT2D eigenvalue weighted by Crippen LogP contribution is 2.20. The fourth-order valence-electron chi connectivity index (χ4n) is 1.79. The summed E-state index contributed by atoms with van der Waals surface area (Å²) in [5, 5.41) is 0. The van der Waals surface area contributed by atoms with Crippen LogP contribution < -0.4 is 15.2 Å². The minimum absolute atomic E-state index is 0.242. The molecule has 0 aliphatic heterocycles. The molecular formula is C15H18N2O3S. The van der Waals surface area contributed by atoms with Crippen LogP contribution in [-0.4, -0.2) is 21.6 Å². The molecule has 0 unspecified atom stereocenters. The topological polar surface area (TPSA) is 81.4 Å². The predicted molar refractivity (Wildman–Crippen MR) is 83.0 cm³/mol. The molecule has 5 nitrogen and oxygen atoms in total. The molecule has 21 heavy (non-hydrogen) atoms. The Labute approximate surface area is 124 Å². The van der Waals surface area contributed by atoms with Gasteiger partial charge >= 0.3 is 0 Å². The Kier molecular flexibility index (Phi) is 4.82. The maximum absolute atomic E-state index is 12.3. The second kappa shape index (κ2) is 6.60. The van der Waals surface area contributed by atoms with Gasteiger partial charge in [-0.3, -0.25) is 4.72 Å². The predicted octanol–water partition coefficient (Wildman–Crippen LogP) is 2.13. The Hall–Kier alpha value is -2.05. The van der Waals surface area contributed by atoms with Crippen LogP contribution in [0, 0.1) is 6.92 Å². The molecule has 0 aliphatic rings. The average Bonchev–Trinajstić information content (AvgIpc) is 2.46. The van der Waals surface area contributed by atoms with Crippen LogP contribution in [0.25, 0.3) is 0 Å². The Balaban J connectivity index is 2.13. The van der Waals surface area contributed by atoms with E-state index in [2.05, 4.69) is 4.72 Å². The van der Waals surface area contributed by atoms with Crippen LogP contribution in [-0.2, 0) is 10.0 Å². The van der Waals surface area contributed by atoms with E-state index in [4.69, 9.17) is 10.5 Å². The third-order valence-corrected chi connectivity index (χ3v) is 4.17. The van der Waals surface area contributed by atoms with Crippen LogP contribution in [0.2, 0.25) is 0 Å². The monoisotopic (exact) mass is 306 g/mol. The Morgan fingerprint density at radius 1 is 1.14 bits per heavy atom. The van der Waals surface area contributed by atoms with Crippen LogP contribution in [0.3, 0.4) is 0 Å². The SMILES string of the molecule is Cc1cccc(S(=O)(=O)Nc2ccc(OCCN)cc2)c1. The number of nitrogens with one attached hydrogen (secondary N) is 1. The number of anilines is 1. The molecule has 0 bridgehead atoms. The zero-order chi connectivity index (χ0) is 15.3. The average molecular weight is 306 g/mol. The first kappa shape index (κ1) is 15.3. The summed E-state index contributed by atoms with van der Waals surface area (Å²) in [4.78, 5) is 0.242. The zero-order valence-corrected chi connectivity index (χ0v) is 12.6. The molecule has 0 fully saturated rings. The van der Waals surface area contributed by atoms with Crippen LogP contribution >= 0.6 is 0 Å². The van der Waals surface area contributed by atoms with E-state index in [0.29, 0.717) is 24.6 Å². The highest BCUT2D eigenvalue weighted by Gasteiger charge is 2.13. The zero-order valence-electron chi connectivity index (χ0n) is 11.7. The fourth-order valence-corrected chi connectivity index (χ4v) is 2.96. The van der Waals surface area contributed by atoms with Crippen molar-refractivity contribution in [1.29, 1.82) is 0 Å². The van der Waals surface area contributed by atoms with Gasteiger partial charge in [0.05, 0.1) is 4.90 Å². The largest absolute Gasteiger partial charge is 0.492 e. The van der Waals surface area contributed by atoms with Crippen molar-refractivity contribution in [3.63, 3.8) is 0 Å². The van der Waals surface area contributed by atoms with Crippen molar-refractivity contribution in [3.8, 4) is 5.75 Å². The van der Waals surface area contributed by atoms with E-state index in [0.717, 1.165) is 5.56 Å². The summed E-state index contributed by atoms with van der Waals surface area (Å²) in [5.74, 6) is 0.652. The second-order valence-electron chi connectivity index (χ2n) is 4.58. The van der Waals surface area contributed by atoms with Crippen molar-refractivity contribution in [2.45, 2.75) is 11.8 Å². The number of ether oxygens (including phenoxy) is 1. The summed E-state index contributed by atoms with van der Waals surface area (Å²) in [5.41, 5.74) is 6.72. The fraction of sp³-hybridized carbons (Fsp3) is 0.200. The third-order valence-electron chi connectivity index (χ3n) is 2.79. The number of benzene rings is 2. The molecule has 0 saturated carbocycles. The van der Waals surface area contributed by atoms with Crippen molar-refractivity contribution in [3.05, 3.63) is 54.1 Å². The van der Waals surface area contributed by atoms with Crippen LogP contribution in [0.5, 0.6) is 5.75 Å². The molecule has 2 rings (SSSR count). The molecule has 0 heterocycles. The van der Waals surface area contributed by atoms with E-state index in [1.165, 1.54) is 0 Å². The standard InChI is InChI=1S/C15H18N2O3S/c1-12-3-2-4-15(11-12)21(18,19)17-13-5-7-14(8-6-13)20-10-9-16/h2-8,11,17H,9-10,16H2,1H3. The molecule has 3 N–H and O–H groups in total. The summed E-state index contributed by atoms with van der Waals surface area (Å²) in [6.45, 7) is 2.71. The van der Waals surface area contributed by atoms with Crippen molar-refractivity contribution < 1.29 is 13.2 Å². The molecule has 6 heteroatoms. The van der Waals surface area contributed by atoms with E-state index in [-0.39, 0.29) is 4.90 Å². The minimum atomic E-state index is -3.58. The van der Waals surface area contributed by atoms with Crippen molar-refractivity contribution >= 4 is 15.7 Å². The molecule has 0 aliphatic carbocycles. The molecule has 0 saturated heterocycles. The summed E-state index contributed by atoms with van der Waals surface area (Å²) in [7, 11) is -3.58. The highest BCUT2D eigenvalue weighted by atomic mass is 32.2. The van der Waals surface area contributed by atoms with Gasteiger partial charge in [-0.05, 0) is 48.9 Å². The number of aryl methyl sites for hydroxylation is 1. The summed E-state index contributed by atoms with van der Waals surface area (Å²) < 4.78 is 32.4. The van der Waals surface area contributed by atoms with Gasteiger partial charge in [0.25, 0.3) is 10.0 Å². The van der Waals surface area contributed by atoms with E-state index in [1.54, 1.807) is 42.5 Å². The lowest BCUT2D eigenvalue weighted by Crippen LogP contribution is -2.13. The number of sulfonamides is 1. The molecule has 0 spiro atoms. The minimum Gasteiger partial charge on any atom is -0.492 e. The first-order valence-corrected chi connectivity index (χ1v) is 8.02. The van der Waals surface area contributed by atoms with E-state index in [9.17, 15) is 8.42 Å². The molecule has 0 aromatic heterocycles. The first-order valence-electron chi connectivity index (χ1n) is 6.54. The molecule has 0 amide bonds. The third kappa shape index (κ3) is 4.21. The van der Waals surface area contributed by atoms with Gasteiger partial charge in [-0.1, -0.05) is 12.1 Å². The normalized spacial score (nSPS) is 11.1. The Morgan fingerprint density at radius 3 is 2.48 bits per heavy atom. The quantitative estimate of drug-likeness (QED) is 0.856. The van der Waals surface area contributed by atoms with Crippen molar-refractivity contribution in [2.24, 2.45) is 5.73 Å². The second-order valence-corrected chi connectivity index (χ2v) is 6.27. The number of hydrogen-bond acceptors (Lipinski definition) is 4. The van der Waals surface area contributed by atoms with Gasteiger partial charge in [0.1, 0.15) is 12.4 Å². The summed E-state index contributed by atoms with van der Waals surface area (Å²) in [6.07, 6.45) is 0. The highest BCUT2D eigenvalue weighted by molar-refractivity contribution is 7.92. The van der Waals surface area contributed by atoms with Crippen LogP contribution in [0.4, 0.5) is 5.69 Å². The number of nitrogens with two attached hydrogens (primary N) is 1. The molecular weight excluding hydrogens is 288 g/mol. The van der Waals surface area contributed by atoms with Gasteiger partial charge in [0.15, 0.2) is 0 Å². The Bertz CT molecular complexity index is 697.